The first-order valence-electron chi connectivity index (χ1n) is 9.56. The van der Waals surface area contributed by atoms with Crippen LogP contribution in [0.15, 0.2) is 71.6 Å². The molecule has 2 unspecified atom stereocenters. The number of alkyl halides is 3. The van der Waals surface area contributed by atoms with Crippen LogP contribution in [-0.2, 0) is 24.9 Å². The van der Waals surface area contributed by atoms with Crippen molar-refractivity contribution in [2.24, 2.45) is 0 Å². The molecule has 0 aromatic heterocycles. The lowest BCUT2D eigenvalue weighted by atomic mass is 9.94. The normalized spacial score (nSPS) is 14.5. The van der Waals surface area contributed by atoms with Crippen molar-refractivity contribution in [1.29, 1.82) is 0 Å². The minimum absolute atomic E-state index is 0.147. The Morgan fingerprint density at radius 1 is 0.941 bits per heavy atom. The SMILES string of the molecule is CC(c1ccc(OS(=O)(=O)C(F)(F)F)cc1)C(NS(=O)(=O)c1ccc2ccccc2c1)C(=O)O. The Labute approximate surface area is 193 Å². The second-order valence-corrected chi connectivity index (χ2v) is 10.5. The van der Waals surface area contributed by atoms with Crippen molar-refractivity contribution in [2.45, 2.75) is 29.3 Å². The van der Waals surface area contributed by atoms with Gasteiger partial charge in [-0.15, -0.1) is 0 Å². The molecule has 2 N–H and O–H groups in total. The molecule has 0 spiro atoms. The van der Waals surface area contributed by atoms with Gasteiger partial charge in [-0.2, -0.15) is 26.3 Å². The maximum Gasteiger partial charge on any atom is 0.534 e. The number of halogens is 3. The van der Waals surface area contributed by atoms with Gasteiger partial charge in [-0.3, -0.25) is 4.79 Å². The largest absolute Gasteiger partial charge is 0.534 e. The predicted molar refractivity (Wildman–Crippen MR) is 116 cm³/mol. The number of fused-ring (bicyclic) bond motifs is 1. The van der Waals surface area contributed by atoms with Crippen molar-refractivity contribution in [3.8, 4) is 5.75 Å². The molecule has 13 heteroatoms. The van der Waals surface area contributed by atoms with Crippen molar-refractivity contribution >= 4 is 36.9 Å². The van der Waals surface area contributed by atoms with Crippen LogP contribution in [-0.4, -0.2) is 39.5 Å². The monoisotopic (exact) mass is 517 g/mol. The summed E-state index contributed by atoms with van der Waals surface area (Å²) in [5.74, 6) is -3.12. The van der Waals surface area contributed by atoms with Gasteiger partial charge in [0.15, 0.2) is 0 Å². The molecule has 3 rings (SSSR count). The zero-order valence-corrected chi connectivity index (χ0v) is 19.0. The molecule has 0 fully saturated rings. The molecule has 0 bridgehead atoms. The summed E-state index contributed by atoms with van der Waals surface area (Å²) in [5.41, 5.74) is -5.40. The number of carboxylic acids is 1. The number of carboxylic acid groups (broad SMARTS) is 1. The maximum atomic E-state index is 12.9. The van der Waals surface area contributed by atoms with Gasteiger partial charge in [-0.1, -0.05) is 49.4 Å². The van der Waals surface area contributed by atoms with Gasteiger partial charge in [0.2, 0.25) is 10.0 Å². The van der Waals surface area contributed by atoms with Crippen LogP contribution < -0.4 is 8.91 Å². The highest BCUT2D eigenvalue weighted by Gasteiger charge is 2.48. The van der Waals surface area contributed by atoms with Crippen LogP contribution in [0.5, 0.6) is 5.75 Å². The Balaban J connectivity index is 1.83. The van der Waals surface area contributed by atoms with E-state index in [1.807, 2.05) is 0 Å². The lowest BCUT2D eigenvalue weighted by molar-refractivity contribution is -0.139. The van der Waals surface area contributed by atoms with E-state index < -0.39 is 49.3 Å². The summed E-state index contributed by atoms with van der Waals surface area (Å²) in [4.78, 5) is 11.7. The average Bonchev–Trinajstić information content (AvgIpc) is 2.76. The van der Waals surface area contributed by atoms with Gasteiger partial charge in [0.1, 0.15) is 11.8 Å². The molecule has 0 amide bonds. The highest BCUT2D eigenvalue weighted by atomic mass is 32.2. The van der Waals surface area contributed by atoms with Gasteiger partial charge < -0.3 is 9.29 Å². The quantitative estimate of drug-likeness (QED) is 0.345. The summed E-state index contributed by atoms with van der Waals surface area (Å²) in [5, 5.41) is 11.1. The number of sulfonamides is 1. The number of aliphatic carboxylic acids is 1. The zero-order valence-electron chi connectivity index (χ0n) is 17.4. The van der Waals surface area contributed by atoms with E-state index in [2.05, 4.69) is 8.91 Å². The smallest absolute Gasteiger partial charge is 0.480 e. The Bertz CT molecular complexity index is 1420. The molecular weight excluding hydrogens is 499 g/mol. The Kier molecular flexibility index (Phi) is 6.92. The molecule has 3 aromatic rings. The van der Waals surface area contributed by atoms with Gasteiger partial charge in [0, 0.05) is 5.92 Å². The predicted octanol–water partition coefficient (Wildman–Crippen LogP) is 3.60. The Morgan fingerprint density at radius 3 is 2.09 bits per heavy atom. The third-order valence-corrected chi connectivity index (χ3v) is 7.39. The number of hydrogen-bond acceptors (Lipinski definition) is 6. The van der Waals surface area contributed by atoms with Crippen molar-refractivity contribution in [3.63, 3.8) is 0 Å². The summed E-state index contributed by atoms with van der Waals surface area (Å²) in [6.07, 6.45) is 0. The number of rotatable bonds is 8. The fourth-order valence-electron chi connectivity index (χ4n) is 3.13. The van der Waals surface area contributed by atoms with Crippen LogP contribution in [0.25, 0.3) is 10.8 Å². The van der Waals surface area contributed by atoms with Crippen molar-refractivity contribution in [1.82, 2.24) is 4.72 Å². The van der Waals surface area contributed by atoms with Gasteiger partial charge in [0.25, 0.3) is 0 Å². The van der Waals surface area contributed by atoms with Gasteiger partial charge in [0.05, 0.1) is 4.90 Å². The number of hydrogen-bond donors (Lipinski definition) is 2. The van der Waals surface area contributed by atoms with Crippen molar-refractivity contribution < 1.29 is 44.1 Å². The van der Waals surface area contributed by atoms with Crippen LogP contribution in [0.1, 0.15) is 18.4 Å². The van der Waals surface area contributed by atoms with Crippen LogP contribution in [0.2, 0.25) is 0 Å². The van der Waals surface area contributed by atoms with Gasteiger partial charge in [-0.25, -0.2) is 8.42 Å². The average molecular weight is 518 g/mol. The highest BCUT2D eigenvalue weighted by Crippen LogP contribution is 2.29. The molecule has 8 nitrogen and oxygen atoms in total. The van der Waals surface area contributed by atoms with Crippen LogP contribution >= 0.6 is 0 Å². The lowest BCUT2D eigenvalue weighted by Gasteiger charge is -2.22. The van der Waals surface area contributed by atoms with E-state index in [4.69, 9.17) is 0 Å². The summed E-state index contributed by atoms with van der Waals surface area (Å²) in [6.45, 7) is 1.39. The second-order valence-electron chi connectivity index (χ2n) is 7.29. The molecule has 0 radical (unpaired) electrons. The molecule has 0 aliphatic carbocycles. The standard InChI is InChI=1S/C21H18F3NO7S2/c1-13(14-6-9-17(10-7-14)32-34(30,31)21(22,23)24)19(20(26)27)25-33(28,29)18-11-8-15-4-2-3-5-16(15)12-18/h2-13,19,25H,1H3,(H,26,27). The topological polar surface area (TPSA) is 127 Å². The molecule has 0 aliphatic rings. The molecular formula is C21H18F3NO7S2. The van der Waals surface area contributed by atoms with E-state index in [1.54, 1.807) is 30.3 Å². The zero-order chi connectivity index (χ0) is 25.3. The fraction of sp³-hybridized carbons (Fsp3) is 0.190. The van der Waals surface area contributed by atoms with Crippen LogP contribution in [0, 0.1) is 0 Å². The summed E-state index contributed by atoms with van der Waals surface area (Å²) < 4.78 is 91.5. The maximum absolute atomic E-state index is 12.9. The number of benzene rings is 3. The third-order valence-electron chi connectivity index (χ3n) is 4.97. The summed E-state index contributed by atoms with van der Waals surface area (Å²) in [7, 11) is -10.1. The number of carbonyl (C=O) groups is 1. The van der Waals surface area contributed by atoms with E-state index >= 15 is 0 Å². The van der Waals surface area contributed by atoms with Gasteiger partial charge in [-0.05, 0) is 40.6 Å². The van der Waals surface area contributed by atoms with E-state index in [-0.39, 0.29) is 10.5 Å². The molecule has 182 valence electrons. The third kappa shape index (κ3) is 5.48. The number of nitrogens with one attached hydrogen (secondary N) is 1. The summed E-state index contributed by atoms with van der Waals surface area (Å²) in [6, 6.07) is 13.8. The highest BCUT2D eigenvalue weighted by molar-refractivity contribution is 7.89. The first kappa shape index (κ1) is 25.5. The first-order valence-corrected chi connectivity index (χ1v) is 12.4. The molecule has 0 saturated carbocycles. The lowest BCUT2D eigenvalue weighted by Crippen LogP contribution is -2.44. The van der Waals surface area contributed by atoms with Crippen LogP contribution in [0.3, 0.4) is 0 Å². The minimum atomic E-state index is -5.87. The van der Waals surface area contributed by atoms with E-state index in [1.165, 1.54) is 19.1 Å². The molecule has 2 atom stereocenters. The second kappa shape index (κ2) is 9.24. The Morgan fingerprint density at radius 2 is 1.53 bits per heavy atom. The van der Waals surface area contributed by atoms with Crippen molar-refractivity contribution in [3.05, 3.63) is 72.3 Å². The van der Waals surface area contributed by atoms with Crippen molar-refractivity contribution in [2.75, 3.05) is 0 Å². The summed E-state index contributed by atoms with van der Waals surface area (Å²) >= 11 is 0. The molecule has 0 heterocycles. The molecule has 3 aromatic carbocycles. The molecule has 0 aliphatic heterocycles. The van der Waals surface area contributed by atoms with E-state index in [0.717, 1.165) is 29.7 Å². The Hall–Kier alpha value is -3.16. The van der Waals surface area contributed by atoms with Crippen LogP contribution in [0.4, 0.5) is 13.2 Å². The minimum Gasteiger partial charge on any atom is -0.480 e. The molecule has 0 saturated heterocycles. The van der Waals surface area contributed by atoms with E-state index in [0.29, 0.717) is 5.39 Å². The fourth-order valence-corrected chi connectivity index (χ4v) is 4.89. The van der Waals surface area contributed by atoms with Gasteiger partial charge >= 0.3 is 21.6 Å². The van der Waals surface area contributed by atoms with E-state index in [9.17, 15) is 39.9 Å². The first-order chi connectivity index (χ1) is 15.7. The molecule has 34 heavy (non-hydrogen) atoms.